The van der Waals surface area contributed by atoms with E-state index in [-0.39, 0.29) is 12.0 Å². The van der Waals surface area contributed by atoms with E-state index in [1.54, 1.807) is 6.07 Å². The number of carbonyl (C=O) groups is 1. The van der Waals surface area contributed by atoms with Crippen LogP contribution in [0.1, 0.15) is 6.92 Å². The maximum Gasteiger partial charge on any atom is 0.216 e. The Morgan fingerprint density at radius 3 is 3.11 bits per heavy atom. The van der Waals surface area contributed by atoms with Crippen molar-refractivity contribution in [1.29, 1.82) is 0 Å². The lowest BCUT2D eigenvalue weighted by atomic mass is 10.2. The summed E-state index contributed by atoms with van der Waals surface area (Å²) >= 11 is 5.70. The Morgan fingerprint density at radius 2 is 2.44 bits per heavy atom. The average molecular weight is 271 g/mol. The van der Waals surface area contributed by atoms with Gasteiger partial charge in [0.1, 0.15) is 0 Å². The minimum atomic E-state index is -0.0537. The van der Waals surface area contributed by atoms with Crippen LogP contribution in [0.5, 0.6) is 0 Å². The van der Waals surface area contributed by atoms with Gasteiger partial charge < -0.3 is 15.0 Å². The molecule has 6 nitrogen and oxygen atoms in total. The highest BCUT2D eigenvalue weighted by Crippen LogP contribution is 2.15. The maximum absolute atomic E-state index is 10.9. The summed E-state index contributed by atoms with van der Waals surface area (Å²) in [5.41, 5.74) is 0. The molecule has 1 fully saturated rings. The normalized spacial score (nSPS) is 19.7. The highest BCUT2D eigenvalue weighted by molar-refractivity contribution is 6.29. The number of halogens is 1. The summed E-state index contributed by atoms with van der Waals surface area (Å²) in [4.78, 5) is 12.9. The van der Waals surface area contributed by atoms with Gasteiger partial charge in [0.25, 0.3) is 0 Å². The van der Waals surface area contributed by atoms with Gasteiger partial charge in [0.15, 0.2) is 11.0 Å². The second kappa shape index (κ2) is 5.97. The number of amides is 1. The number of anilines is 1. The Morgan fingerprint density at radius 1 is 1.61 bits per heavy atom. The van der Waals surface area contributed by atoms with E-state index in [1.807, 2.05) is 6.07 Å². The highest BCUT2D eigenvalue weighted by atomic mass is 35.5. The van der Waals surface area contributed by atoms with Crippen LogP contribution in [0.2, 0.25) is 5.15 Å². The average Bonchev–Trinajstić information content (AvgIpc) is 2.37. The van der Waals surface area contributed by atoms with Crippen LogP contribution < -0.4 is 10.2 Å². The van der Waals surface area contributed by atoms with Crippen molar-refractivity contribution in [3.63, 3.8) is 0 Å². The van der Waals surface area contributed by atoms with Crippen molar-refractivity contribution in [2.75, 3.05) is 31.1 Å². The fourth-order valence-corrected chi connectivity index (χ4v) is 1.89. The smallest absolute Gasteiger partial charge is 0.216 e. The number of carbonyl (C=O) groups excluding carboxylic acids is 1. The largest absolute Gasteiger partial charge is 0.373 e. The van der Waals surface area contributed by atoms with Crippen LogP contribution in [0, 0.1) is 0 Å². The minimum Gasteiger partial charge on any atom is -0.373 e. The predicted molar refractivity (Wildman–Crippen MR) is 67.7 cm³/mol. The fraction of sp³-hybridized carbons (Fsp3) is 0.545. The number of hydrogen-bond donors (Lipinski definition) is 1. The second-order valence-electron chi connectivity index (χ2n) is 4.09. The molecule has 0 aromatic carbocycles. The standard InChI is InChI=1S/C11H15ClN4O2/c1-8(17)13-6-9-7-16(4-5-18-9)11-3-2-10(12)14-15-11/h2-3,9H,4-7H2,1H3,(H,13,17)/t9-/m0/s1. The SMILES string of the molecule is CC(=O)NC[C@H]1CN(c2ccc(Cl)nn2)CCO1. The summed E-state index contributed by atoms with van der Waals surface area (Å²) in [7, 11) is 0. The summed E-state index contributed by atoms with van der Waals surface area (Å²) in [6, 6.07) is 3.54. The van der Waals surface area contributed by atoms with Crippen LogP contribution in [-0.2, 0) is 9.53 Å². The molecular formula is C11H15ClN4O2. The molecule has 1 N–H and O–H groups in total. The molecule has 0 saturated carbocycles. The lowest BCUT2D eigenvalue weighted by Gasteiger charge is -2.33. The molecule has 1 atom stereocenters. The molecule has 0 unspecified atom stereocenters. The van der Waals surface area contributed by atoms with Crippen molar-refractivity contribution in [3.8, 4) is 0 Å². The minimum absolute atomic E-state index is 0.0277. The quantitative estimate of drug-likeness (QED) is 0.865. The van der Waals surface area contributed by atoms with Crippen molar-refractivity contribution >= 4 is 23.3 Å². The van der Waals surface area contributed by atoms with Crippen LogP contribution >= 0.6 is 11.6 Å². The number of ether oxygens (including phenoxy) is 1. The van der Waals surface area contributed by atoms with Gasteiger partial charge in [-0.1, -0.05) is 11.6 Å². The van der Waals surface area contributed by atoms with Crippen molar-refractivity contribution in [3.05, 3.63) is 17.3 Å². The van der Waals surface area contributed by atoms with E-state index in [4.69, 9.17) is 16.3 Å². The molecule has 1 aromatic heterocycles. The molecule has 98 valence electrons. The highest BCUT2D eigenvalue weighted by Gasteiger charge is 2.21. The molecule has 1 aromatic rings. The maximum atomic E-state index is 10.9. The summed E-state index contributed by atoms with van der Waals surface area (Å²) in [6.07, 6.45) is -0.0277. The number of nitrogens with one attached hydrogen (secondary N) is 1. The van der Waals surface area contributed by atoms with Crippen molar-refractivity contribution in [1.82, 2.24) is 15.5 Å². The van der Waals surface area contributed by atoms with Gasteiger partial charge in [0.05, 0.1) is 12.7 Å². The Bertz CT molecular complexity index is 412. The van der Waals surface area contributed by atoms with Gasteiger partial charge in [-0.05, 0) is 12.1 Å². The first-order valence-electron chi connectivity index (χ1n) is 5.75. The van der Waals surface area contributed by atoms with Gasteiger partial charge in [-0.3, -0.25) is 4.79 Å². The van der Waals surface area contributed by atoms with Gasteiger partial charge >= 0.3 is 0 Å². The third-order valence-corrected chi connectivity index (χ3v) is 2.86. The summed E-state index contributed by atoms with van der Waals surface area (Å²) in [6.45, 7) is 4.04. The van der Waals surface area contributed by atoms with E-state index in [9.17, 15) is 4.79 Å². The topological polar surface area (TPSA) is 67.4 Å². The Balaban J connectivity index is 1.93. The molecule has 1 saturated heterocycles. The zero-order chi connectivity index (χ0) is 13.0. The van der Waals surface area contributed by atoms with Crippen LogP contribution in [0.3, 0.4) is 0 Å². The van der Waals surface area contributed by atoms with Gasteiger partial charge in [-0.15, -0.1) is 10.2 Å². The van der Waals surface area contributed by atoms with Crippen LogP contribution in [-0.4, -0.2) is 48.4 Å². The lowest BCUT2D eigenvalue weighted by Crippen LogP contribution is -2.47. The number of nitrogens with zero attached hydrogens (tertiary/aromatic N) is 3. The fourth-order valence-electron chi connectivity index (χ4n) is 1.79. The monoisotopic (exact) mass is 270 g/mol. The summed E-state index contributed by atoms with van der Waals surface area (Å²) in [5.74, 6) is 0.720. The third kappa shape index (κ3) is 3.54. The van der Waals surface area contributed by atoms with Crippen LogP contribution in [0.15, 0.2) is 12.1 Å². The Labute approximate surface area is 110 Å². The zero-order valence-electron chi connectivity index (χ0n) is 10.1. The first-order valence-corrected chi connectivity index (χ1v) is 6.13. The molecule has 18 heavy (non-hydrogen) atoms. The molecule has 1 aliphatic heterocycles. The van der Waals surface area contributed by atoms with Crippen molar-refractivity contribution in [2.24, 2.45) is 0 Å². The molecule has 0 aliphatic carbocycles. The summed E-state index contributed by atoms with van der Waals surface area (Å²) in [5, 5.41) is 11.0. The second-order valence-corrected chi connectivity index (χ2v) is 4.48. The van der Waals surface area contributed by atoms with Crippen LogP contribution in [0.4, 0.5) is 5.82 Å². The number of morpholine rings is 1. The lowest BCUT2D eigenvalue weighted by molar-refractivity contribution is -0.119. The Hall–Kier alpha value is -1.40. The van der Waals surface area contributed by atoms with E-state index < -0.39 is 0 Å². The molecule has 0 spiro atoms. The van der Waals surface area contributed by atoms with Gasteiger partial charge in [0.2, 0.25) is 5.91 Å². The molecular weight excluding hydrogens is 256 g/mol. The first-order chi connectivity index (χ1) is 8.65. The molecule has 2 heterocycles. The van der Waals surface area contributed by atoms with Gasteiger partial charge in [0, 0.05) is 26.6 Å². The molecule has 0 radical (unpaired) electrons. The molecule has 1 amide bonds. The number of rotatable bonds is 3. The molecule has 2 rings (SSSR count). The van der Waals surface area contributed by atoms with E-state index >= 15 is 0 Å². The van der Waals surface area contributed by atoms with Crippen LogP contribution in [0.25, 0.3) is 0 Å². The van der Waals surface area contributed by atoms with Crippen molar-refractivity contribution in [2.45, 2.75) is 13.0 Å². The number of aromatic nitrogens is 2. The zero-order valence-corrected chi connectivity index (χ0v) is 10.9. The predicted octanol–water partition coefficient (Wildman–Crippen LogP) is 0.471. The van der Waals surface area contributed by atoms with Gasteiger partial charge in [-0.25, -0.2) is 0 Å². The van der Waals surface area contributed by atoms with E-state index in [0.29, 0.717) is 24.8 Å². The first kappa shape index (κ1) is 13.0. The number of hydrogen-bond acceptors (Lipinski definition) is 5. The Kier molecular flexibility index (Phi) is 4.33. The molecule has 0 bridgehead atoms. The van der Waals surface area contributed by atoms with Gasteiger partial charge in [-0.2, -0.15) is 0 Å². The molecule has 7 heteroatoms. The van der Waals surface area contributed by atoms with E-state index in [0.717, 1.165) is 12.4 Å². The summed E-state index contributed by atoms with van der Waals surface area (Å²) < 4.78 is 5.57. The molecule has 1 aliphatic rings. The third-order valence-electron chi connectivity index (χ3n) is 2.66. The van der Waals surface area contributed by atoms with E-state index in [1.165, 1.54) is 6.92 Å². The van der Waals surface area contributed by atoms with Crippen molar-refractivity contribution < 1.29 is 9.53 Å². The van der Waals surface area contributed by atoms with E-state index in [2.05, 4.69) is 20.4 Å².